The Labute approximate surface area is 157 Å². The molecule has 1 fully saturated rings. The van der Waals surface area contributed by atoms with Gasteiger partial charge in [-0.1, -0.05) is 0 Å². The van der Waals surface area contributed by atoms with Crippen LogP contribution in [0.25, 0.3) is 0 Å². The van der Waals surface area contributed by atoms with E-state index in [1.807, 2.05) is 0 Å². The molecule has 0 spiro atoms. The van der Waals surface area contributed by atoms with Crippen molar-refractivity contribution in [3.63, 3.8) is 0 Å². The second-order valence-electron chi connectivity index (χ2n) is 6.82. The summed E-state index contributed by atoms with van der Waals surface area (Å²) in [5.74, 6) is -2.69. The third kappa shape index (κ3) is 5.72. The highest BCUT2D eigenvalue weighted by Gasteiger charge is 2.30. The molecule has 0 amide bonds. The van der Waals surface area contributed by atoms with Gasteiger partial charge in [-0.15, -0.1) is 0 Å². The fraction of sp³-hybridized carbons (Fsp3) is 0.529. The van der Waals surface area contributed by atoms with Gasteiger partial charge in [0, 0.05) is 13.1 Å². The predicted octanol–water partition coefficient (Wildman–Crippen LogP) is 1.35. The smallest absolute Gasteiger partial charge is 0.344 e. The minimum atomic E-state index is -4.13. The van der Waals surface area contributed by atoms with Gasteiger partial charge in [-0.2, -0.15) is 4.31 Å². The zero-order valence-corrected chi connectivity index (χ0v) is 16.2. The Bertz CT molecular complexity index is 811. The van der Waals surface area contributed by atoms with Gasteiger partial charge in [-0.3, -0.25) is 0 Å². The van der Waals surface area contributed by atoms with Crippen LogP contribution in [0.2, 0.25) is 0 Å². The highest BCUT2D eigenvalue weighted by Crippen LogP contribution is 2.22. The lowest BCUT2D eigenvalue weighted by Gasteiger charge is -2.26. The molecule has 1 aromatic rings. The Morgan fingerprint density at radius 1 is 1.22 bits per heavy atom. The normalized spacial score (nSPS) is 16.0. The van der Waals surface area contributed by atoms with Gasteiger partial charge < -0.3 is 14.2 Å². The second-order valence-corrected chi connectivity index (χ2v) is 8.73. The van der Waals surface area contributed by atoms with Gasteiger partial charge in [0.25, 0.3) is 0 Å². The summed E-state index contributed by atoms with van der Waals surface area (Å²) in [6.45, 7) is 4.94. The van der Waals surface area contributed by atoms with Gasteiger partial charge in [0.1, 0.15) is 16.3 Å². The number of nitrogens with zero attached hydrogens (tertiary/aromatic N) is 1. The van der Waals surface area contributed by atoms with E-state index in [1.54, 1.807) is 20.8 Å². The third-order valence-corrected chi connectivity index (χ3v) is 5.41. The molecule has 0 bridgehead atoms. The quantitative estimate of drug-likeness (QED) is 0.684. The highest BCUT2D eigenvalue weighted by atomic mass is 32.2. The molecule has 1 aliphatic rings. The van der Waals surface area contributed by atoms with Crippen molar-refractivity contribution in [2.24, 2.45) is 0 Å². The van der Waals surface area contributed by atoms with E-state index < -0.39 is 44.9 Å². The molecule has 0 aromatic heterocycles. The van der Waals surface area contributed by atoms with E-state index in [0.717, 1.165) is 22.5 Å². The van der Waals surface area contributed by atoms with Crippen molar-refractivity contribution in [1.29, 1.82) is 0 Å². The summed E-state index contributed by atoms with van der Waals surface area (Å²) in [4.78, 5) is 23.1. The molecular weight excluding hydrogens is 381 g/mol. The Morgan fingerprint density at radius 3 is 2.44 bits per heavy atom. The lowest BCUT2D eigenvalue weighted by molar-refractivity contribution is -0.158. The minimum absolute atomic E-state index is 0.0924. The van der Waals surface area contributed by atoms with E-state index in [2.05, 4.69) is 0 Å². The second kappa shape index (κ2) is 8.32. The van der Waals surface area contributed by atoms with Gasteiger partial charge >= 0.3 is 11.9 Å². The fourth-order valence-electron chi connectivity index (χ4n) is 2.33. The first-order valence-corrected chi connectivity index (χ1v) is 9.71. The zero-order chi connectivity index (χ0) is 20.2. The number of morpholine rings is 1. The standard InChI is InChI=1S/C17H22FNO7S/c1-17(2,3)26-15(20)11-25-16(21)12-4-5-13(18)14(10-12)27(22,23)19-6-8-24-9-7-19/h4-5,10H,6-9,11H2,1-3H3. The van der Waals surface area contributed by atoms with Gasteiger partial charge in [-0.05, 0) is 39.0 Å². The number of ether oxygens (including phenoxy) is 3. The van der Waals surface area contributed by atoms with Crippen LogP contribution in [-0.2, 0) is 29.0 Å². The van der Waals surface area contributed by atoms with Crippen molar-refractivity contribution in [2.45, 2.75) is 31.3 Å². The summed E-state index contributed by atoms with van der Waals surface area (Å²) in [5.41, 5.74) is -0.925. The molecule has 0 saturated carbocycles. The number of hydrogen-bond acceptors (Lipinski definition) is 7. The van der Waals surface area contributed by atoms with Crippen LogP contribution in [0.4, 0.5) is 4.39 Å². The number of benzene rings is 1. The molecule has 10 heteroatoms. The van der Waals surface area contributed by atoms with Gasteiger partial charge in [0.2, 0.25) is 10.0 Å². The molecule has 1 aliphatic heterocycles. The molecule has 0 N–H and O–H groups in total. The Hall–Kier alpha value is -2.04. The lowest BCUT2D eigenvalue weighted by atomic mass is 10.2. The van der Waals surface area contributed by atoms with Crippen LogP contribution >= 0.6 is 0 Å². The SMILES string of the molecule is CC(C)(C)OC(=O)COC(=O)c1ccc(F)c(S(=O)(=O)N2CCOCC2)c1. The van der Waals surface area contributed by atoms with Gasteiger partial charge in [0.05, 0.1) is 18.8 Å². The first-order chi connectivity index (χ1) is 12.5. The van der Waals surface area contributed by atoms with Crippen LogP contribution in [-0.4, -0.2) is 63.2 Å². The van der Waals surface area contributed by atoms with E-state index >= 15 is 0 Å². The molecular formula is C17H22FNO7S. The average molecular weight is 403 g/mol. The summed E-state index contributed by atoms with van der Waals surface area (Å²) in [7, 11) is -4.13. The summed E-state index contributed by atoms with van der Waals surface area (Å²) in [5, 5.41) is 0. The monoisotopic (exact) mass is 403 g/mol. The number of carbonyl (C=O) groups excluding carboxylic acids is 2. The van der Waals surface area contributed by atoms with Crippen molar-refractivity contribution < 1.29 is 36.6 Å². The molecule has 0 aliphatic carbocycles. The van der Waals surface area contributed by atoms with E-state index in [4.69, 9.17) is 14.2 Å². The highest BCUT2D eigenvalue weighted by molar-refractivity contribution is 7.89. The fourth-order valence-corrected chi connectivity index (χ4v) is 3.83. The Balaban J connectivity index is 2.14. The number of rotatable bonds is 5. The summed E-state index contributed by atoms with van der Waals surface area (Å²) in [6, 6.07) is 2.86. The van der Waals surface area contributed by atoms with Gasteiger partial charge in [0.15, 0.2) is 6.61 Å². The first-order valence-electron chi connectivity index (χ1n) is 8.27. The van der Waals surface area contributed by atoms with Crippen molar-refractivity contribution in [3.8, 4) is 0 Å². The molecule has 0 radical (unpaired) electrons. The maximum atomic E-state index is 14.1. The van der Waals surface area contributed by atoms with Crippen LogP contribution < -0.4 is 0 Å². The van der Waals surface area contributed by atoms with Crippen LogP contribution in [0.1, 0.15) is 31.1 Å². The average Bonchev–Trinajstić information content (AvgIpc) is 2.59. The number of carbonyl (C=O) groups is 2. The Morgan fingerprint density at radius 2 is 1.85 bits per heavy atom. The molecule has 27 heavy (non-hydrogen) atoms. The molecule has 150 valence electrons. The van der Waals surface area contributed by atoms with Crippen LogP contribution in [0.15, 0.2) is 23.1 Å². The van der Waals surface area contributed by atoms with Crippen molar-refractivity contribution >= 4 is 22.0 Å². The predicted molar refractivity (Wildman–Crippen MR) is 92.1 cm³/mol. The van der Waals surface area contributed by atoms with Crippen LogP contribution in [0.3, 0.4) is 0 Å². The zero-order valence-electron chi connectivity index (χ0n) is 15.4. The van der Waals surface area contributed by atoms with E-state index in [1.165, 1.54) is 0 Å². The maximum Gasteiger partial charge on any atom is 0.344 e. The molecule has 0 unspecified atom stereocenters. The first kappa shape index (κ1) is 21.3. The summed E-state index contributed by atoms with van der Waals surface area (Å²) < 4.78 is 55.4. The van der Waals surface area contributed by atoms with Crippen molar-refractivity contribution in [1.82, 2.24) is 4.31 Å². The van der Waals surface area contributed by atoms with E-state index in [0.29, 0.717) is 0 Å². The molecule has 1 heterocycles. The van der Waals surface area contributed by atoms with Crippen LogP contribution in [0, 0.1) is 5.82 Å². The molecule has 1 aromatic carbocycles. The number of esters is 2. The minimum Gasteiger partial charge on any atom is -0.457 e. The van der Waals surface area contributed by atoms with Crippen molar-refractivity contribution in [2.75, 3.05) is 32.9 Å². The topological polar surface area (TPSA) is 99.2 Å². The number of hydrogen-bond donors (Lipinski definition) is 0. The molecule has 8 nitrogen and oxygen atoms in total. The maximum absolute atomic E-state index is 14.1. The van der Waals surface area contributed by atoms with E-state index in [-0.39, 0.29) is 31.9 Å². The third-order valence-electron chi connectivity index (χ3n) is 3.50. The summed E-state index contributed by atoms with van der Waals surface area (Å²) >= 11 is 0. The largest absolute Gasteiger partial charge is 0.457 e. The number of halogens is 1. The molecule has 2 rings (SSSR count). The van der Waals surface area contributed by atoms with Gasteiger partial charge in [-0.25, -0.2) is 22.4 Å². The molecule has 1 saturated heterocycles. The Kier molecular flexibility index (Phi) is 6.55. The summed E-state index contributed by atoms with van der Waals surface area (Å²) in [6.07, 6.45) is 0. The van der Waals surface area contributed by atoms with Crippen molar-refractivity contribution in [3.05, 3.63) is 29.6 Å². The number of sulfonamides is 1. The lowest BCUT2D eigenvalue weighted by Crippen LogP contribution is -2.41. The molecule has 0 atom stereocenters. The van der Waals surface area contributed by atoms with E-state index in [9.17, 15) is 22.4 Å². The van der Waals surface area contributed by atoms with Crippen LogP contribution in [0.5, 0.6) is 0 Å².